The van der Waals surface area contributed by atoms with Crippen molar-refractivity contribution in [3.8, 4) is 0 Å². The Bertz CT molecular complexity index is 1490. The molecule has 9 N–H and O–H groups in total. The van der Waals surface area contributed by atoms with Crippen LogP contribution in [0.4, 0.5) is 0 Å². The number of carbonyl (C=O) groups is 7. The first-order valence-electron chi connectivity index (χ1n) is 21.3. The van der Waals surface area contributed by atoms with Crippen LogP contribution >= 0.6 is 0 Å². The molecular formula is C41H67N5O14. The Morgan fingerprint density at radius 2 is 1.20 bits per heavy atom. The zero-order valence-corrected chi connectivity index (χ0v) is 35.2. The predicted octanol–water partition coefficient (Wildman–Crippen LogP) is 0.323. The number of carbonyl (C=O) groups excluding carboxylic acids is 2. The van der Waals surface area contributed by atoms with Gasteiger partial charge in [-0.05, 0) is 97.7 Å². The highest BCUT2D eigenvalue weighted by Gasteiger charge is 2.65. The van der Waals surface area contributed by atoms with E-state index < -0.39 is 79.6 Å². The second-order valence-corrected chi connectivity index (χ2v) is 18.4. The van der Waals surface area contributed by atoms with E-state index in [1.54, 1.807) is 0 Å². The van der Waals surface area contributed by atoms with Crippen molar-refractivity contribution < 1.29 is 69.3 Å². The standard InChI is InChI=1S/C41H67N5O14/c1-24(4-7-34(51)52)27-5-6-28-39-29(18-31(48)41(27,28)3)40(2)10-8-26(16-25(40)17-30(39)47)43-32(49)9-11-42-33(50)19-44(12-14-45(20-35(53)54)21-36(55)56)13-15-46(22-37(57)58)23-38(59)60/h24-31,39,47-48H,4-23H2,1-3H3,(H,42,50)(H,43,49)(H,51,52)(H,53,54)(H,55,56)(H,57,58)(H,59,60)/t24?,25?,26-,27+,28?,29?,30+,31-,39?,40-,41+/m0/s1. The number of aliphatic carboxylic acids is 5. The molecule has 5 unspecified atom stereocenters. The maximum absolute atomic E-state index is 13.1. The van der Waals surface area contributed by atoms with E-state index in [1.165, 1.54) is 4.90 Å². The minimum absolute atomic E-state index is 0.00287. The van der Waals surface area contributed by atoms with Gasteiger partial charge in [0, 0.05) is 51.6 Å². The number of hydrogen-bond donors (Lipinski definition) is 9. The number of carboxylic acid groups (broad SMARTS) is 5. The summed E-state index contributed by atoms with van der Waals surface area (Å²) >= 11 is 0. The van der Waals surface area contributed by atoms with Crippen molar-refractivity contribution in [3.63, 3.8) is 0 Å². The molecule has 2 amide bonds. The summed E-state index contributed by atoms with van der Waals surface area (Å²) in [5, 5.41) is 75.5. The molecule has 0 aromatic heterocycles. The molecule has 0 aliphatic heterocycles. The summed E-state index contributed by atoms with van der Waals surface area (Å²) in [6, 6.07) is -0.130. The Morgan fingerprint density at radius 3 is 1.73 bits per heavy atom. The van der Waals surface area contributed by atoms with Crippen molar-refractivity contribution >= 4 is 41.7 Å². The lowest BCUT2D eigenvalue weighted by Crippen LogP contribution is -2.63. The Balaban J connectivity index is 1.30. The van der Waals surface area contributed by atoms with Gasteiger partial charge in [0.1, 0.15) is 0 Å². The number of aliphatic hydroxyl groups excluding tert-OH is 2. The van der Waals surface area contributed by atoms with Crippen LogP contribution in [0.5, 0.6) is 0 Å². The van der Waals surface area contributed by atoms with Gasteiger partial charge >= 0.3 is 29.8 Å². The smallest absolute Gasteiger partial charge is 0.317 e. The Labute approximate surface area is 350 Å². The largest absolute Gasteiger partial charge is 0.481 e. The summed E-state index contributed by atoms with van der Waals surface area (Å²) in [7, 11) is 0. The molecule has 0 saturated heterocycles. The van der Waals surface area contributed by atoms with Crippen LogP contribution in [0, 0.1) is 46.3 Å². The monoisotopic (exact) mass is 853 g/mol. The Hall–Kier alpha value is -3.91. The molecule has 4 aliphatic carbocycles. The van der Waals surface area contributed by atoms with Gasteiger partial charge in [0.05, 0.1) is 44.9 Å². The fourth-order valence-corrected chi connectivity index (χ4v) is 11.7. The van der Waals surface area contributed by atoms with Crippen LogP contribution in [0.15, 0.2) is 0 Å². The number of hydrogen-bond acceptors (Lipinski definition) is 12. The van der Waals surface area contributed by atoms with Gasteiger partial charge in [-0.2, -0.15) is 0 Å². The van der Waals surface area contributed by atoms with Gasteiger partial charge in [-0.3, -0.25) is 48.3 Å². The molecule has 11 atom stereocenters. The highest BCUT2D eigenvalue weighted by Crippen LogP contribution is 2.68. The maximum Gasteiger partial charge on any atom is 0.317 e. The van der Waals surface area contributed by atoms with Crippen LogP contribution in [0.25, 0.3) is 0 Å². The molecule has 0 bridgehead atoms. The Kier molecular flexibility index (Phi) is 17.3. The summed E-state index contributed by atoms with van der Waals surface area (Å²) in [5.74, 6) is -5.82. The van der Waals surface area contributed by atoms with Gasteiger partial charge in [-0.1, -0.05) is 20.8 Å². The molecule has 19 heteroatoms. The number of fused-ring (bicyclic) bond motifs is 5. The lowest BCUT2D eigenvalue weighted by molar-refractivity contribution is -0.202. The van der Waals surface area contributed by atoms with E-state index in [2.05, 4.69) is 31.4 Å². The fourth-order valence-electron chi connectivity index (χ4n) is 11.7. The first-order valence-corrected chi connectivity index (χ1v) is 21.3. The summed E-state index contributed by atoms with van der Waals surface area (Å²) < 4.78 is 0. The predicted molar refractivity (Wildman–Crippen MR) is 213 cm³/mol. The van der Waals surface area contributed by atoms with Crippen LogP contribution in [0.3, 0.4) is 0 Å². The first-order chi connectivity index (χ1) is 28.1. The number of aliphatic hydroxyl groups is 2. The fraction of sp³-hybridized carbons (Fsp3) is 0.829. The second-order valence-electron chi connectivity index (χ2n) is 18.4. The summed E-state index contributed by atoms with van der Waals surface area (Å²) in [5.41, 5.74) is -0.519. The second kappa shape index (κ2) is 21.3. The van der Waals surface area contributed by atoms with Crippen molar-refractivity contribution in [3.05, 3.63) is 0 Å². The molecule has 60 heavy (non-hydrogen) atoms. The zero-order valence-electron chi connectivity index (χ0n) is 35.2. The first kappa shape index (κ1) is 48.8. The quantitative estimate of drug-likeness (QED) is 0.0632. The molecule has 4 aliphatic rings. The molecule has 4 fully saturated rings. The number of carboxylic acids is 5. The lowest BCUT2D eigenvalue weighted by atomic mass is 9.43. The molecular weight excluding hydrogens is 786 g/mol. The van der Waals surface area contributed by atoms with Gasteiger partial charge < -0.3 is 46.4 Å². The van der Waals surface area contributed by atoms with Crippen LogP contribution in [0.1, 0.15) is 85.0 Å². The van der Waals surface area contributed by atoms with E-state index >= 15 is 0 Å². The highest BCUT2D eigenvalue weighted by molar-refractivity contribution is 5.80. The van der Waals surface area contributed by atoms with E-state index in [1.807, 2.05) is 0 Å². The normalized spacial score (nSPS) is 31.5. The third-order valence-corrected chi connectivity index (χ3v) is 14.7. The minimum Gasteiger partial charge on any atom is -0.481 e. The van der Waals surface area contributed by atoms with Crippen molar-refractivity contribution in [2.75, 3.05) is 65.4 Å². The van der Waals surface area contributed by atoms with E-state index in [0.29, 0.717) is 25.7 Å². The maximum atomic E-state index is 13.1. The number of nitrogens with zero attached hydrogens (tertiary/aromatic N) is 3. The molecule has 4 rings (SSSR count). The average molecular weight is 854 g/mol. The van der Waals surface area contributed by atoms with Crippen molar-refractivity contribution in [2.24, 2.45) is 46.3 Å². The molecule has 340 valence electrons. The summed E-state index contributed by atoms with van der Waals surface area (Å²) in [6.07, 6.45) is 4.77. The highest BCUT2D eigenvalue weighted by atomic mass is 16.4. The molecule has 0 aromatic rings. The number of amides is 2. The third kappa shape index (κ3) is 12.6. The topological polar surface area (TPSA) is 295 Å². The van der Waals surface area contributed by atoms with Gasteiger partial charge in [0.15, 0.2) is 0 Å². The molecule has 0 heterocycles. The van der Waals surface area contributed by atoms with Gasteiger partial charge in [0.25, 0.3) is 0 Å². The van der Waals surface area contributed by atoms with E-state index in [9.17, 15) is 69.3 Å². The average Bonchev–Trinajstić information content (AvgIpc) is 3.49. The third-order valence-electron chi connectivity index (χ3n) is 14.7. The SMILES string of the molecule is CC(CCC(=O)O)[C@H]1CCC2C3C(C[C@H](O)[C@@]21C)[C@@]1(C)CC[C@H](NC(=O)CCNC(=O)CN(CCN(CC(=O)O)CC(=O)O)CCN(CC(=O)O)CC(=O)O)CC1C[C@H]3O. The van der Waals surface area contributed by atoms with Crippen LogP contribution in [0.2, 0.25) is 0 Å². The van der Waals surface area contributed by atoms with Crippen molar-refractivity contribution in [1.82, 2.24) is 25.3 Å². The Morgan fingerprint density at radius 1 is 0.650 bits per heavy atom. The van der Waals surface area contributed by atoms with Gasteiger partial charge in [-0.25, -0.2) is 0 Å². The number of rotatable bonds is 24. The van der Waals surface area contributed by atoms with E-state index in [-0.39, 0.29) is 105 Å². The van der Waals surface area contributed by atoms with Crippen molar-refractivity contribution in [2.45, 2.75) is 103 Å². The molecule has 0 aromatic carbocycles. The lowest BCUT2D eigenvalue weighted by Gasteiger charge is -2.63. The summed E-state index contributed by atoms with van der Waals surface area (Å²) in [4.78, 5) is 86.5. The van der Waals surface area contributed by atoms with E-state index in [4.69, 9.17) is 0 Å². The van der Waals surface area contributed by atoms with Gasteiger partial charge in [-0.15, -0.1) is 0 Å². The zero-order chi connectivity index (χ0) is 44.5. The molecule has 0 radical (unpaired) electrons. The van der Waals surface area contributed by atoms with Crippen LogP contribution < -0.4 is 10.6 Å². The van der Waals surface area contributed by atoms with Gasteiger partial charge in [0.2, 0.25) is 11.8 Å². The number of nitrogens with one attached hydrogen (secondary N) is 2. The molecule has 0 spiro atoms. The molecule has 4 saturated carbocycles. The van der Waals surface area contributed by atoms with Crippen LogP contribution in [-0.4, -0.2) is 176 Å². The molecule has 19 nitrogen and oxygen atoms in total. The van der Waals surface area contributed by atoms with Crippen LogP contribution in [-0.2, 0) is 33.6 Å². The summed E-state index contributed by atoms with van der Waals surface area (Å²) in [6.45, 7) is 3.85. The van der Waals surface area contributed by atoms with E-state index in [0.717, 1.165) is 35.5 Å². The minimum atomic E-state index is -1.25. The van der Waals surface area contributed by atoms with Crippen molar-refractivity contribution in [1.29, 1.82) is 0 Å².